The predicted molar refractivity (Wildman–Crippen MR) is 90.9 cm³/mol. The van der Waals surface area contributed by atoms with E-state index in [1.807, 2.05) is 25.1 Å². The lowest BCUT2D eigenvalue weighted by molar-refractivity contribution is -0.121. The summed E-state index contributed by atoms with van der Waals surface area (Å²) in [6.07, 6.45) is 2.40. The average molecular weight is 382 g/mol. The zero-order valence-corrected chi connectivity index (χ0v) is 15.0. The Balaban J connectivity index is 1.85. The monoisotopic (exact) mass is 381 g/mol. The van der Waals surface area contributed by atoms with E-state index in [1.54, 1.807) is 25.1 Å². The molecule has 0 aliphatic carbocycles. The maximum Gasteiger partial charge on any atom is 0.241 e. The molecule has 2 rings (SSSR count). The van der Waals surface area contributed by atoms with E-state index in [2.05, 4.69) is 26.3 Å². The Morgan fingerprint density at radius 1 is 1.30 bits per heavy atom. The molecule has 23 heavy (non-hydrogen) atoms. The number of carbonyl (C=O) groups is 1. The number of aromatic nitrogens is 2. The van der Waals surface area contributed by atoms with E-state index in [4.69, 9.17) is 9.47 Å². The minimum atomic E-state index is -0.0656. The van der Waals surface area contributed by atoms with Crippen LogP contribution in [0.15, 0.2) is 28.9 Å². The molecule has 0 bridgehead atoms. The SMILES string of the molecule is COc1ccc(CCNC(=O)Cn2ncc(Br)c2C)cc1OC. The average Bonchev–Trinajstić information content (AvgIpc) is 2.86. The number of carbonyl (C=O) groups excluding carboxylic acids is 1. The summed E-state index contributed by atoms with van der Waals surface area (Å²) in [5.41, 5.74) is 2.00. The fraction of sp³-hybridized carbons (Fsp3) is 0.375. The summed E-state index contributed by atoms with van der Waals surface area (Å²) in [4.78, 5) is 12.0. The predicted octanol–water partition coefficient (Wildman–Crippen LogP) is 2.33. The minimum absolute atomic E-state index is 0.0656. The van der Waals surface area contributed by atoms with Crippen molar-refractivity contribution in [2.45, 2.75) is 19.9 Å². The molecule has 124 valence electrons. The summed E-state index contributed by atoms with van der Waals surface area (Å²) < 4.78 is 13.0. The van der Waals surface area contributed by atoms with Crippen molar-refractivity contribution in [3.63, 3.8) is 0 Å². The molecule has 7 heteroatoms. The molecule has 1 N–H and O–H groups in total. The molecule has 0 unspecified atom stereocenters. The Kier molecular flexibility index (Phi) is 6.04. The normalized spacial score (nSPS) is 10.4. The molecule has 1 aromatic carbocycles. The first-order chi connectivity index (χ1) is 11.0. The first-order valence-electron chi connectivity index (χ1n) is 7.20. The number of nitrogens with zero attached hydrogens (tertiary/aromatic N) is 2. The first-order valence-corrected chi connectivity index (χ1v) is 8.00. The van der Waals surface area contributed by atoms with Gasteiger partial charge in [-0.25, -0.2) is 0 Å². The Bertz CT molecular complexity index is 685. The number of amides is 1. The molecule has 0 aliphatic heterocycles. The molecular formula is C16H20BrN3O3. The molecular weight excluding hydrogens is 362 g/mol. The van der Waals surface area contributed by atoms with Gasteiger partial charge in [-0.1, -0.05) is 6.07 Å². The van der Waals surface area contributed by atoms with Gasteiger partial charge in [0.05, 0.1) is 30.6 Å². The summed E-state index contributed by atoms with van der Waals surface area (Å²) in [6.45, 7) is 2.67. The number of hydrogen-bond donors (Lipinski definition) is 1. The Morgan fingerprint density at radius 2 is 2.04 bits per heavy atom. The Morgan fingerprint density at radius 3 is 2.65 bits per heavy atom. The quantitative estimate of drug-likeness (QED) is 0.799. The molecule has 0 atom stereocenters. The minimum Gasteiger partial charge on any atom is -0.493 e. The van der Waals surface area contributed by atoms with Crippen LogP contribution in [0, 0.1) is 6.92 Å². The second-order valence-electron chi connectivity index (χ2n) is 5.02. The van der Waals surface area contributed by atoms with E-state index >= 15 is 0 Å². The van der Waals surface area contributed by atoms with Crippen LogP contribution >= 0.6 is 15.9 Å². The molecule has 0 spiro atoms. The topological polar surface area (TPSA) is 65.4 Å². The van der Waals surface area contributed by atoms with Gasteiger partial charge in [0.15, 0.2) is 11.5 Å². The van der Waals surface area contributed by atoms with Gasteiger partial charge in [0.1, 0.15) is 6.54 Å². The molecule has 2 aromatic rings. The molecule has 0 radical (unpaired) electrons. The number of halogens is 1. The summed E-state index contributed by atoms with van der Waals surface area (Å²) in [7, 11) is 3.21. The van der Waals surface area contributed by atoms with Gasteiger partial charge in [-0.2, -0.15) is 5.10 Å². The molecule has 0 aliphatic rings. The number of nitrogens with one attached hydrogen (secondary N) is 1. The van der Waals surface area contributed by atoms with Crippen LogP contribution in [0.1, 0.15) is 11.3 Å². The van der Waals surface area contributed by atoms with Crippen molar-refractivity contribution in [1.29, 1.82) is 0 Å². The van der Waals surface area contributed by atoms with E-state index < -0.39 is 0 Å². The van der Waals surface area contributed by atoms with Crippen molar-refractivity contribution < 1.29 is 14.3 Å². The van der Waals surface area contributed by atoms with Gasteiger partial charge < -0.3 is 14.8 Å². The molecule has 1 heterocycles. The third-order valence-electron chi connectivity index (χ3n) is 3.52. The zero-order chi connectivity index (χ0) is 16.8. The third kappa shape index (κ3) is 4.48. The highest BCUT2D eigenvalue weighted by Gasteiger charge is 2.09. The van der Waals surface area contributed by atoms with Crippen LogP contribution in [-0.2, 0) is 17.8 Å². The summed E-state index contributed by atoms with van der Waals surface area (Å²) >= 11 is 3.38. The highest BCUT2D eigenvalue weighted by Crippen LogP contribution is 2.27. The van der Waals surface area contributed by atoms with Crippen LogP contribution < -0.4 is 14.8 Å². The zero-order valence-electron chi connectivity index (χ0n) is 13.4. The van der Waals surface area contributed by atoms with Crippen molar-refractivity contribution in [3.8, 4) is 11.5 Å². The fourth-order valence-electron chi connectivity index (χ4n) is 2.16. The standard InChI is InChI=1S/C16H20BrN3O3/c1-11-13(17)9-19-20(11)10-16(21)18-7-6-12-4-5-14(22-2)15(8-12)23-3/h4-5,8-9H,6-7,10H2,1-3H3,(H,18,21). The highest BCUT2D eigenvalue weighted by atomic mass is 79.9. The smallest absolute Gasteiger partial charge is 0.241 e. The van der Waals surface area contributed by atoms with Crippen LogP contribution in [-0.4, -0.2) is 36.5 Å². The van der Waals surface area contributed by atoms with Crippen molar-refractivity contribution in [1.82, 2.24) is 15.1 Å². The van der Waals surface area contributed by atoms with Gasteiger partial charge in [0.25, 0.3) is 0 Å². The van der Waals surface area contributed by atoms with E-state index in [1.165, 1.54) is 0 Å². The first kappa shape index (κ1) is 17.3. The van der Waals surface area contributed by atoms with E-state index in [0.29, 0.717) is 24.5 Å². The van der Waals surface area contributed by atoms with E-state index in [-0.39, 0.29) is 12.5 Å². The molecule has 6 nitrogen and oxygen atoms in total. The maximum atomic E-state index is 12.0. The summed E-state index contributed by atoms with van der Waals surface area (Å²) in [5, 5.41) is 7.04. The number of methoxy groups -OCH3 is 2. The number of benzene rings is 1. The van der Waals surface area contributed by atoms with Crippen LogP contribution in [0.25, 0.3) is 0 Å². The number of ether oxygens (including phenoxy) is 2. The van der Waals surface area contributed by atoms with Crippen LogP contribution in [0.4, 0.5) is 0 Å². The lowest BCUT2D eigenvalue weighted by atomic mass is 10.1. The van der Waals surface area contributed by atoms with Crippen molar-refractivity contribution in [2.75, 3.05) is 20.8 Å². The van der Waals surface area contributed by atoms with Crippen molar-refractivity contribution in [3.05, 3.63) is 40.1 Å². The van der Waals surface area contributed by atoms with Crippen molar-refractivity contribution in [2.24, 2.45) is 0 Å². The second kappa shape index (κ2) is 8.01. The fourth-order valence-corrected chi connectivity index (χ4v) is 2.45. The van der Waals surface area contributed by atoms with Crippen LogP contribution in [0.2, 0.25) is 0 Å². The highest BCUT2D eigenvalue weighted by molar-refractivity contribution is 9.10. The third-order valence-corrected chi connectivity index (χ3v) is 4.30. The van der Waals surface area contributed by atoms with E-state index in [0.717, 1.165) is 15.7 Å². The van der Waals surface area contributed by atoms with Crippen LogP contribution in [0.5, 0.6) is 11.5 Å². The van der Waals surface area contributed by atoms with Gasteiger partial charge in [-0.05, 0) is 47.0 Å². The van der Waals surface area contributed by atoms with E-state index in [9.17, 15) is 4.79 Å². The molecule has 0 fully saturated rings. The molecule has 0 saturated carbocycles. The summed E-state index contributed by atoms with van der Waals surface area (Å²) in [6, 6.07) is 5.74. The number of hydrogen-bond acceptors (Lipinski definition) is 4. The van der Waals surface area contributed by atoms with Crippen LogP contribution in [0.3, 0.4) is 0 Å². The van der Waals surface area contributed by atoms with Crippen molar-refractivity contribution >= 4 is 21.8 Å². The lowest BCUT2D eigenvalue weighted by Crippen LogP contribution is -2.30. The summed E-state index contributed by atoms with van der Waals surface area (Å²) in [5.74, 6) is 1.32. The van der Waals surface area contributed by atoms with Gasteiger partial charge in [0, 0.05) is 6.54 Å². The molecule has 1 aromatic heterocycles. The van der Waals surface area contributed by atoms with Gasteiger partial charge in [-0.3, -0.25) is 9.48 Å². The molecule has 0 saturated heterocycles. The molecule has 1 amide bonds. The maximum absolute atomic E-state index is 12.0. The van der Waals surface area contributed by atoms with Gasteiger partial charge >= 0.3 is 0 Å². The lowest BCUT2D eigenvalue weighted by Gasteiger charge is -2.10. The largest absolute Gasteiger partial charge is 0.493 e. The Hall–Kier alpha value is -2.02. The van der Waals surface area contributed by atoms with Gasteiger partial charge in [-0.15, -0.1) is 0 Å². The number of rotatable bonds is 7. The van der Waals surface area contributed by atoms with Gasteiger partial charge in [0.2, 0.25) is 5.91 Å². The second-order valence-corrected chi connectivity index (χ2v) is 5.88. The Labute approximate surface area is 143 Å².